The number of allylic oxidation sites excluding steroid dienone is 1. The van der Waals surface area contributed by atoms with Crippen molar-refractivity contribution in [1.82, 2.24) is 0 Å². The van der Waals surface area contributed by atoms with E-state index >= 15 is 0 Å². The van der Waals surface area contributed by atoms with E-state index < -0.39 is 0 Å². The van der Waals surface area contributed by atoms with E-state index in [0.29, 0.717) is 6.61 Å². The van der Waals surface area contributed by atoms with Gasteiger partial charge in [0.25, 0.3) is 0 Å². The maximum atomic E-state index is 5.89. The van der Waals surface area contributed by atoms with Crippen molar-refractivity contribution in [3.63, 3.8) is 0 Å². The molecule has 2 rings (SSSR count). The summed E-state index contributed by atoms with van der Waals surface area (Å²) in [6, 6.07) is 10.2. The molecular weight excluding hydrogens is 240 g/mol. The minimum absolute atomic E-state index is 0.614. The molecule has 92 valence electrons. The van der Waals surface area contributed by atoms with E-state index in [0.717, 1.165) is 16.9 Å². The van der Waals surface area contributed by atoms with Gasteiger partial charge in [-0.2, -0.15) is 0 Å². The Kier molecular flexibility index (Phi) is 4.37. The van der Waals surface area contributed by atoms with Crippen LogP contribution in [0.25, 0.3) is 12.2 Å². The summed E-state index contributed by atoms with van der Waals surface area (Å²) in [5.41, 5.74) is 2.18. The lowest BCUT2D eigenvalue weighted by molar-refractivity contribution is 0.309. The lowest BCUT2D eigenvalue weighted by Crippen LogP contribution is -1.96. The summed E-state index contributed by atoms with van der Waals surface area (Å²) < 4.78 is 5.89. The van der Waals surface area contributed by atoms with Crippen molar-refractivity contribution in [2.24, 2.45) is 0 Å². The molecule has 1 nitrogen and oxygen atoms in total. The molecule has 0 saturated heterocycles. The van der Waals surface area contributed by atoms with Crippen LogP contribution in [0.15, 0.2) is 48.4 Å². The first kappa shape index (κ1) is 12.7. The lowest BCUT2D eigenvalue weighted by atomic mass is 10.1. The van der Waals surface area contributed by atoms with Crippen LogP contribution in [0.5, 0.6) is 5.75 Å². The molecule has 0 saturated carbocycles. The molecule has 0 fully saturated rings. The molecule has 2 heteroatoms. The van der Waals surface area contributed by atoms with Crippen molar-refractivity contribution in [1.29, 1.82) is 0 Å². The summed E-state index contributed by atoms with van der Waals surface area (Å²) in [7, 11) is 0. The van der Waals surface area contributed by atoms with Crippen LogP contribution in [-0.4, -0.2) is 0 Å². The van der Waals surface area contributed by atoms with Crippen molar-refractivity contribution >= 4 is 23.5 Å². The minimum atomic E-state index is 0.614. The van der Waals surface area contributed by atoms with E-state index in [9.17, 15) is 0 Å². The molecule has 0 spiro atoms. The molecule has 1 aromatic heterocycles. The van der Waals surface area contributed by atoms with Crippen LogP contribution in [-0.2, 0) is 6.61 Å². The van der Waals surface area contributed by atoms with Crippen LogP contribution in [0.4, 0.5) is 0 Å². The fraction of sp³-hybridized carbons (Fsp3) is 0.125. The summed E-state index contributed by atoms with van der Waals surface area (Å²) in [5, 5.41) is 2.06. The monoisotopic (exact) mass is 256 g/mol. The summed E-state index contributed by atoms with van der Waals surface area (Å²) >= 11 is 1.71. The topological polar surface area (TPSA) is 9.23 Å². The molecule has 18 heavy (non-hydrogen) atoms. The van der Waals surface area contributed by atoms with Gasteiger partial charge in [0.15, 0.2) is 0 Å². The van der Waals surface area contributed by atoms with E-state index in [1.807, 2.05) is 43.3 Å². The summed E-state index contributed by atoms with van der Waals surface area (Å²) in [5.74, 6) is 0.902. The SMILES string of the molecule is C=Cc1cccc(OCc2cccs2)c1/C=C\C. The number of benzene rings is 1. The van der Waals surface area contributed by atoms with Gasteiger partial charge in [-0.1, -0.05) is 43.0 Å². The second-order valence-corrected chi connectivity index (χ2v) is 4.86. The Morgan fingerprint density at radius 3 is 2.83 bits per heavy atom. The Morgan fingerprint density at radius 2 is 2.17 bits per heavy atom. The first-order valence-electron chi connectivity index (χ1n) is 5.88. The maximum Gasteiger partial charge on any atom is 0.127 e. The maximum absolute atomic E-state index is 5.89. The molecule has 0 amide bonds. The van der Waals surface area contributed by atoms with Crippen LogP contribution < -0.4 is 4.74 Å². The molecule has 0 N–H and O–H groups in total. The second kappa shape index (κ2) is 6.22. The summed E-state index contributed by atoms with van der Waals surface area (Å²) in [4.78, 5) is 1.23. The van der Waals surface area contributed by atoms with E-state index in [1.165, 1.54) is 4.88 Å². The number of ether oxygens (including phenoxy) is 1. The number of rotatable bonds is 5. The summed E-state index contributed by atoms with van der Waals surface area (Å²) in [6.45, 7) is 6.45. The minimum Gasteiger partial charge on any atom is -0.487 e. The molecule has 2 aromatic rings. The zero-order chi connectivity index (χ0) is 12.8. The highest BCUT2D eigenvalue weighted by molar-refractivity contribution is 7.09. The van der Waals surface area contributed by atoms with Gasteiger partial charge in [0.05, 0.1) is 0 Å². The number of thiophene rings is 1. The fourth-order valence-corrected chi connectivity index (χ4v) is 2.37. The first-order chi connectivity index (χ1) is 8.85. The van der Waals surface area contributed by atoms with Crippen molar-refractivity contribution in [3.05, 3.63) is 64.4 Å². The molecule has 0 atom stereocenters. The normalized spacial score (nSPS) is 10.7. The lowest BCUT2D eigenvalue weighted by Gasteiger charge is -2.10. The molecule has 0 bridgehead atoms. The first-order valence-corrected chi connectivity index (χ1v) is 6.76. The Labute approximate surface area is 112 Å². The predicted molar refractivity (Wildman–Crippen MR) is 79.9 cm³/mol. The fourth-order valence-electron chi connectivity index (χ4n) is 1.75. The molecular formula is C16H16OS. The average Bonchev–Trinajstić information content (AvgIpc) is 2.91. The van der Waals surface area contributed by atoms with Crippen molar-refractivity contribution < 1.29 is 4.74 Å². The zero-order valence-corrected chi connectivity index (χ0v) is 11.2. The van der Waals surface area contributed by atoms with Gasteiger partial charge in [0.2, 0.25) is 0 Å². The third-order valence-electron chi connectivity index (χ3n) is 2.60. The van der Waals surface area contributed by atoms with Gasteiger partial charge >= 0.3 is 0 Å². The van der Waals surface area contributed by atoms with Gasteiger partial charge in [-0.25, -0.2) is 0 Å². The van der Waals surface area contributed by atoms with Crippen LogP contribution in [0.2, 0.25) is 0 Å². The van der Waals surface area contributed by atoms with Gasteiger partial charge in [-0.05, 0) is 30.0 Å². The van der Waals surface area contributed by atoms with Gasteiger partial charge in [0, 0.05) is 10.4 Å². The standard InChI is InChI=1S/C16H16OS/c1-3-7-15-13(4-2)8-5-10-16(15)17-12-14-9-6-11-18-14/h3-11H,2,12H2,1H3/b7-3-. The predicted octanol–water partition coefficient (Wildman–Crippen LogP) is 5.00. The molecule has 1 aromatic carbocycles. The van der Waals surface area contributed by atoms with Crippen molar-refractivity contribution in [3.8, 4) is 5.75 Å². The average molecular weight is 256 g/mol. The molecule has 1 heterocycles. The number of hydrogen-bond donors (Lipinski definition) is 0. The van der Waals surface area contributed by atoms with Crippen molar-refractivity contribution in [2.75, 3.05) is 0 Å². The second-order valence-electron chi connectivity index (χ2n) is 3.83. The van der Waals surface area contributed by atoms with E-state index in [4.69, 9.17) is 4.74 Å². The highest BCUT2D eigenvalue weighted by Gasteiger charge is 2.05. The quantitative estimate of drug-likeness (QED) is 0.731. The van der Waals surface area contributed by atoms with E-state index in [1.54, 1.807) is 11.3 Å². The van der Waals surface area contributed by atoms with Crippen LogP contribution in [0, 0.1) is 0 Å². The molecule has 0 aliphatic rings. The highest BCUT2D eigenvalue weighted by Crippen LogP contribution is 2.26. The zero-order valence-electron chi connectivity index (χ0n) is 10.4. The third kappa shape index (κ3) is 2.90. The van der Waals surface area contributed by atoms with Crippen molar-refractivity contribution in [2.45, 2.75) is 13.5 Å². The van der Waals surface area contributed by atoms with Gasteiger partial charge < -0.3 is 4.74 Å². The third-order valence-corrected chi connectivity index (χ3v) is 3.45. The Hall–Kier alpha value is -1.80. The Bertz CT molecular complexity index is 538. The Morgan fingerprint density at radius 1 is 1.28 bits per heavy atom. The largest absolute Gasteiger partial charge is 0.487 e. The van der Waals surface area contributed by atoms with E-state index in [-0.39, 0.29) is 0 Å². The highest BCUT2D eigenvalue weighted by atomic mass is 32.1. The van der Waals surface area contributed by atoms with Gasteiger partial charge in [-0.15, -0.1) is 11.3 Å². The molecule has 0 radical (unpaired) electrons. The molecule has 0 aliphatic heterocycles. The Balaban J connectivity index is 2.23. The molecule has 0 aliphatic carbocycles. The van der Waals surface area contributed by atoms with Crippen LogP contribution in [0.1, 0.15) is 22.9 Å². The van der Waals surface area contributed by atoms with Gasteiger partial charge in [0.1, 0.15) is 12.4 Å². The van der Waals surface area contributed by atoms with E-state index in [2.05, 4.69) is 24.1 Å². The van der Waals surface area contributed by atoms with Crippen LogP contribution in [0.3, 0.4) is 0 Å². The van der Waals surface area contributed by atoms with Crippen LogP contribution >= 0.6 is 11.3 Å². The molecule has 0 unspecified atom stereocenters. The number of hydrogen-bond acceptors (Lipinski definition) is 2. The smallest absolute Gasteiger partial charge is 0.127 e. The van der Waals surface area contributed by atoms with Gasteiger partial charge in [-0.3, -0.25) is 0 Å². The summed E-state index contributed by atoms with van der Waals surface area (Å²) in [6.07, 6.45) is 5.93.